The molecule has 1 aromatic heterocycles. The highest BCUT2D eigenvalue weighted by Gasteiger charge is 2.30. The summed E-state index contributed by atoms with van der Waals surface area (Å²) < 4.78 is 1.24. The van der Waals surface area contributed by atoms with E-state index < -0.39 is 0 Å². The molecule has 1 N–H and O–H groups in total. The summed E-state index contributed by atoms with van der Waals surface area (Å²) in [5, 5.41) is 4.06. The number of carbonyl (C=O) groups excluding carboxylic acids is 2. The molecule has 1 aliphatic rings. The van der Waals surface area contributed by atoms with E-state index in [1.807, 2.05) is 44.2 Å². The van der Waals surface area contributed by atoms with Crippen LogP contribution in [-0.2, 0) is 9.59 Å². The normalized spacial score (nSPS) is 16.1. The van der Waals surface area contributed by atoms with Gasteiger partial charge in [-0.15, -0.1) is 11.3 Å². The number of para-hydroxylation sites is 1. The van der Waals surface area contributed by atoms with Crippen LogP contribution < -0.4 is 5.32 Å². The Morgan fingerprint density at radius 3 is 2.53 bits per heavy atom. The third-order valence-corrected chi connectivity index (χ3v) is 7.39. The number of aryl methyl sites for hydroxylation is 1. The molecule has 0 radical (unpaired) electrons. The van der Waals surface area contributed by atoms with E-state index in [0.29, 0.717) is 5.92 Å². The Hall–Kier alpha value is -2.77. The highest BCUT2D eigenvalue weighted by Crippen LogP contribution is 2.34. The number of aromatic nitrogens is 1. The minimum atomic E-state index is -0.247. The first-order valence-corrected chi connectivity index (χ1v) is 11.9. The Morgan fingerprint density at radius 2 is 1.84 bits per heavy atom. The first-order chi connectivity index (χ1) is 15.4. The second kappa shape index (κ2) is 9.79. The van der Waals surface area contributed by atoms with Crippen LogP contribution in [0.2, 0.25) is 0 Å². The van der Waals surface area contributed by atoms with Crippen LogP contribution in [0.4, 0.5) is 5.69 Å². The average molecular weight is 451 g/mol. The maximum absolute atomic E-state index is 12.9. The summed E-state index contributed by atoms with van der Waals surface area (Å²) in [6.07, 6.45) is 1.99. The fourth-order valence-electron chi connectivity index (χ4n) is 4.20. The van der Waals surface area contributed by atoms with Crippen molar-refractivity contribution in [3.05, 3.63) is 59.1 Å². The summed E-state index contributed by atoms with van der Waals surface area (Å²) in [7, 11) is 1.70. The molecule has 32 heavy (non-hydrogen) atoms. The minimum absolute atomic E-state index is 0.0255. The fourth-order valence-corrected chi connectivity index (χ4v) is 5.34. The van der Waals surface area contributed by atoms with Crippen LogP contribution in [0.3, 0.4) is 0 Å². The second-order valence-electron chi connectivity index (χ2n) is 8.61. The molecule has 1 aliphatic heterocycles. The lowest BCUT2D eigenvalue weighted by molar-refractivity contribution is -0.138. The van der Waals surface area contributed by atoms with Crippen molar-refractivity contribution in [1.82, 2.24) is 14.8 Å². The standard InChI is InChI=1S/C25H30N4O2S/c1-17-8-10-20(11-9-17)26-23(30)16-28(3)25(31)18(2)29-14-12-19(13-15-29)24-27-21-6-4-5-7-22(21)32-24/h4-11,18-19H,12-16H2,1-3H3,(H,26,30)/t18-/m0/s1. The van der Waals surface area contributed by atoms with Crippen LogP contribution >= 0.6 is 11.3 Å². The van der Waals surface area contributed by atoms with Gasteiger partial charge in [-0.2, -0.15) is 0 Å². The molecule has 0 bridgehead atoms. The molecule has 4 rings (SSSR count). The van der Waals surface area contributed by atoms with E-state index in [9.17, 15) is 9.59 Å². The van der Waals surface area contributed by atoms with Crippen molar-refractivity contribution in [3.8, 4) is 0 Å². The number of likely N-dealkylation sites (N-methyl/N-ethyl adjacent to an activating group) is 1. The lowest BCUT2D eigenvalue weighted by Crippen LogP contribution is -2.49. The third-order valence-electron chi connectivity index (χ3n) is 6.19. The highest BCUT2D eigenvalue weighted by molar-refractivity contribution is 7.18. The van der Waals surface area contributed by atoms with Crippen molar-refractivity contribution in [2.45, 2.75) is 38.6 Å². The molecule has 2 amide bonds. The van der Waals surface area contributed by atoms with E-state index in [0.717, 1.165) is 42.7 Å². The summed E-state index contributed by atoms with van der Waals surface area (Å²) in [4.78, 5) is 33.9. The zero-order chi connectivity index (χ0) is 22.7. The van der Waals surface area contributed by atoms with Gasteiger partial charge in [0.2, 0.25) is 11.8 Å². The molecule has 1 fully saturated rings. The number of rotatable bonds is 6. The van der Waals surface area contributed by atoms with E-state index in [1.165, 1.54) is 14.6 Å². The summed E-state index contributed by atoms with van der Waals surface area (Å²) in [6.45, 7) is 5.70. The van der Waals surface area contributed by atoms with Crippen molar-refractivity contribution in [2.75, 3.05) is 32.0 Å². The van der Waals surface area contributed by atoms with E-state index in [2.05, 4.69) is 28.4 Å². The molecular formula is C25H30N4O2S. The highest BCUT2D eigenvalue weighted by atomic mass is 32.1. The maximum Gasteiger partial charge on any atom is 0.243 e. The second-order valence-corrected chi connectivity index (χ2v) is 9.68. The number of benzene rings is 2. The number of nitrogens with one attached hydrogen (secondary N) is 1. The number of amides is 2. The van der Waals surface area contributed by atoms with Gasteiger partial charge in [-0.1, -0.05) is 29.8 Å². The lowest BCUT2D eigenvalue weighted by Gasteiger charge is -2.36. The summed E-state index contributed by atoms with van der Waals surface area (Å²) >= 11 is 1.78. The number of hydrogen-bond acceptors (Lipinski definition) is 5. The number of anilines is 1. The molecule has 6 nitrogen and oxygen atoms in total. The Balaban J connectivity index is 1.28. The molecule has 3 aromatic rings. The van der Waals surface area contributed by atoms with Gasteiger partial charge in [0, 0.05) is 18.7 Å². The number of nitrogens with zero attached hydrogens (tertiary/aromatic N) is 3. The van der Waals surface area contributed by atoms with Crippen LogP contribution in [0.1, 0.15) is 36.3 Å². The molecule has 0 aliphatic carbocycles. The molecule has 2 heterocycles. The van der Waals surface area contributed by atoms with Crippen molar-refractivity contribution >= 4 is 39.1 Å². The number of hydrogen-bond donors (Lipinski definition) is 1. The Labute approximate surface area is 193 Å². The Morgan fingerprint density at radius 1 is 1.16 bits per heavy atom. The predicted molar refractivity (Wildman–Crippen MR) is 130 cm³/mol. The quantitative estimate of drug-likeness (QED) is 0.609. The molecule has 168 valence electrons. The van der Waals surface area contributed by atoms with Gasteiger partial charge in [-0.25, -0.2) is 4.98 Å². The van der Waals surface area contributed by atoms with Gasteiger partial charge in [0.1, 0.15) is 0 Å². The van der Waals surface area contributed by atoms with Crippen LogP contribution in [0, 0.1) is 6.92 Å². The van der Waals surface area contributed by atoms with Gasteiger partial charge in [0.15, 0.2) is 0 Å². The van der Waals surface area contributed by atoms with Gasteiger partial charge in [0.25, 0.3) is 0 Å². The van der Waals surface area contributed by atoms with Crippen LogP contribution in [0.15, 0.2) is 48.5 Å². The average Bonchev–Trinajstić information content (AvgIpc) is 3.24. The zero-order valence-electron chi connectivity index (χ0n) is 18.9. The molecule has 1 atom stereocenters. The van der Waals surface area contributed by atoms with Gasteiger partial charge in [0.05, 0.1) is 27.8 Å². The van der Waals surface area contributed by atoms with Crippen molar-refractivity contribution in [2.24, 2.45) is 0 Å². The first kappa shape index (κ1) is 22.4. The maximum atomic E-state index is 12.9. The summed E-state index contributed by atoms with van der Waals surface area (Å²) in [5.74, 6) is 0.234. The fraction of sp³-hybridized carbons (Fsp3) is 0.400. The Bertz CT molecular complexity index is 1050. The number of thiazole rings is 1. The zero-order valence-corrected chi connectivity index (χ0v) is 19.7. The SMILES string of the molecule is Cc1ccc(NC(=O)CN(C)C(=O)[C@H](C)N2CCC(c3nc4ccccc4s3)CC2)cc1. The minimum Gasteiger partial charge on any atom is -0.335 e. The number of carbonyl (C=O) groups is 2. The number of piperidine rings is 1. The van der Waals surface area contributed by atoms with Crippen molar-refractivity contribution in [1.29, 1.82) is 0 Å². The third kappa shape index (κ3) is 5.16. The summed E-state index contributed by atoms with van der Waals surface area (Å²) in [6, 6.07) is 15.7. The number of likely N-dealkylation sites (tertiary alicyclic amines) is 1. The molecular weight excluding hydrogens is 420 g/mol. The molecule has 2 aromatic carbocycles. The largest absolute Gasteiger partial charge is 0.335 e. The predicted octanol–water partition coefficient (Wildman–Crippen LogP) is 4.27. The molecule has 7 heteroatoms. The summed E-state index contributed by atoms with van der Waals surface area (Å²) in [5.41, 5.74) is 2.95. The van der Waals surface area contributed by atoms with Gasteiger partial charge < -0.3 is 10.2 Å². The Kier molecular flexibility index (Phi) is 6.86. The monoisotopic (exact) mass is 450 g/mol. The van der Waals surface area contributed by atoms with Crippen LogP contribution in [0.25, 0.3) is 10.2 Å². The van der Waals surface area contributed by atoms with Crippen molar-refractivity contribution < 1.29 is 9.59 Å². The van der Waals surface area contributed by atoms with E-state index in [4.69, 9.17) is 4.98 Å². The smallest absolute Gasteiger partial charge is 0.243 e. The van der Waals surface area contributed by atoms with E-state index in [1.54, 1.807) is 18.4 Å². The van der Waals surface area contributed by atoms with E-state index in [-0.39, 0.29) is 24.4 Å². The topological polar surface area (TPSA) is 65.5 Å². The number of fused-ring (bicyclic) bond motifs is 1. The van der Waals surface area contributed by atoms with Gasteiger partial charge in [-0.3, -0.25) is 14.5 Å². The first-order valence-electron chi connectivity index (χ1n) is 11.1. The van der Waals surface area contributed by atoms with Crippen molar-refractivity contribution in [3.63, 3.8) is 0 Å². The van der Waals surface area contributed by atoms with Gasteiger partial charge >= 0.3 is 0 Å². The molecule has 0 unspecified atom stereocenters. The molecule has 1 saturated heterocycles. The molecule has 0 saturated carbocycles. The van der Waals surface area contributed by atoms with Crippen LogP contribution in [0.5, 0.6) is 0 Å². The molecule has 0 spiro atoms. The van der Waals surface area contributed by atoms with Gasteiger partial charge in [-0.05, 0) is 64.0 Å². The van der Waals surface area contributed by atoms with E-state index >= 15 is 0 Å². The lowest BCUT2D eigenvalue weighted by atomic mass is 9.96. The van der Waals surface area contributed by atoms with Crippen LogP contribution in [-0.4, -0.2) is 59.3 Å².